The van der Waals surface area contributed by atoms with E-state index in [1.165, 1.54) is 0 Å². The monoisotopic (exact) mass is 423 g/mol. The number of carbonyl (C=O) groups excluding carboxylic acids is 3. The van der Waals surface area contributed by atoms with Gasteiger partial charge in [-0.1, -0.05) is 44.2 Å². The number of benzene rings is 2. The molecule has 7 nitrogen and oxygen atoms in total. The number of carbonyl (C=O) groups is 3. The average molecular weight is 424 g/mol. The first-order valence-electron chi connectivity index (χ1n) is 10.5. The summed E-state index contributed by atoms with van der Waals surface area (Å²) in [4.78, 5) is 38.2. The van der Waals surface area contributed by atoms with Gasteiger partial charge < -0.3 is 20.3 Å². The maximum Gasteiger partial charge on any atom is 0.258 e. The molecule has 0 spiro atoms. The van der Waals surface area contributed by atoms with E-state index in [-0.39, 0.29) is 36.7 Å². The predicted octanol–water partition coefficient (Wildman–Crippen LogP) is 2.51. The Balaban J connectivity index is 1.46. The van der Waals surface area contributed by atoms with E-state index in [9.17, 15) is 14.4 Å². The molecule has 3 amide bonds. The smallest absolute Gasteiger partial charge is 0.258 e. The zero-order chi connectivity index (χ0) is 22.2. The first-order chi connectivity index (χ1) is 14.9. The Kier molecular flexibility index (Phi) is 7.65. The normalized spacial score (nSPS) is 15.8. The van der Waals surface area contributed by atoms with E-state index >= 15 is 0 Å². The second-order valence-corrected chi connectivity index (χ2v) is 8.09. The highest BCUT2D eigenvalue weighted by Crippen LogP contribution is 2.27. The highest BCUT2D eigenvalue weighted by molar-refractivity contribution is 6.00. The lowest BCUT2D eigenvalue weighted by Crippen LogP contribution is -2.35. The second kappa shape index (κ2) is 10.6. The van der Waals surface area contributed by atoms with Crippen LogP contribution >= 0.6 is 0 Å². The number of hydrogen-bond acceptors (Lipinski definition) is 4. The van der Waals surface area contributed by atoms with Crippen LogP contribution in [0.2, 0.25) is 0 Å². The van der Waals surface area contributed by atoms with E-state index in [2.05, 4.69) is 10.6 Å². The van der Waals surface area contributed by atoms with Crippen molar-refractivity contribution in [2.75, 3.05) is 24.6 Å². The zero-order valence-electron chi connectivity index (χ0n) is 18.0. The van der Waals surface area contributed by atoms with Crippen molar-refractivity contribution in [2.45, 2.75) is 26.8 Å². The molecular weight excluding hydrogens is 394 g/mol. The van der Waals surface area contributed by atoms with Crippen LogP contribution in [0, 0.1) is 11.8 Å². The molecule has 0 aromatic heterocycles. The minimum absolute atomic E-state index is 0.0707. The molecule has 7 heteroatoms. The highest BCUT2D eigenvalue weighted by atomic mass is 16.5. The third-order valence-corrected chi connectivity index (χ3v) is 5.03. The molecular formula is C24H29N3O4. The Morgan fingerprint density at radius 2 is 1.77 bits per heavy atom. The standard InChI is InChI=1S/C24H29N3O4/c1-17(2)13-26-24(30)19-12-23(29)27(15-19)20-8-10-21(11-9-20)31-16-22(28)25-14-18-6-4-3-5-7-18/h3-11,17,19H,12-16H2,1-2H3,(H,25,28)(H,26,30)/t19-/m1/s1. The molecule has 1 fully saturated rings. The second-order valence-electron chi connectivity index (χ2n) is 8.09. The van der Waals surface area contributed by atoms with Crippen LogP contribution in [0.1, 0.15) is 25.8 Å². The molecule has 1 atom stereocenters. The highest BCUT2D eigenvalue weighted by Gasteiger charge is 2.35. The molecule has 0 aliphatic carbocycles. The van der Waals surface area contributed by atoms with Gasteiger partial charge >= 0.3 is 0 Å². The van der Waals surface area contributed by atoms with Gasteiger partial charge in [0, 0.05) is 31.7 Å². The summed E-state index contributed by atoms with van der Waals surface area (Å²) in [7, 11) is 0. The van der Waals surface area contributed by atoms with Crippen LogP contribution in [0.4, 0.5) is 5.69 Å². The number of rotatable bonds is 9. The fourth-order valence-corrected chi connectivity index (χ4v) is 3.30. The summed E-state index contributed by atoms with van der Waals surface area (Å²) >= 11 is 0. The summed E-state index contributed by atoms with van der Waals surface area (Å²) in [5.41, 5.74) is 1.73. The largest absolute Gasteiger partial charge is 0.484 e. The van der Waals surface area contributed by atoms with Crippen LogP contribution in [-0.2, 0) is 20.9 Å². The summed E-state index contributed by atoms with van der Waals surface area (Å²) in [6.45, 7) is 5.39. The average Bonchev–Trinajstić information content (AvgIpc) is 3.17. The Morgan fingerprint density at radius 3 is 2.45 bits per heavy atom. The van der Waals surface area contributed by atoms with Crippen LogP contribution in [0.5, 0.6) is 5.75 Å². The first-order valence-corrected chi connectivity index (χ1v) is 10.5. The van der Waals surface area contributed by atoms with E-state index in [1.807, 2.05) is 44.2 Å². The summed E-state index contributed by atoms with van der Waals surface area (Å²) in [6, 6.07) is 16.6. The van der Waals surface area contributed by atoms with Crippen molar-refractivity contribution in [1.29, 1.82) is 0 Å². The molecule has 1 aliphatic rings. The van der Waals surface area contributed by atoms with E-state index < -0.39 is 0 Å². The van der Waals surface area contributed by atoms with E-state index in [4.69, 9.17) is 4.74 Å². The number of nitrogens with one attached hydrogen (secondary N) is 2. The number of ether oxygens (including phenoxy) is 1. The summed E-state index contributed by atoms with van der Waals surface area (Å²) in [5, 5.41) is 5.71. The summed E-state index contributed by atoms with van der Waals surface area (Å²) in [5.74, 6) is 0.208. The van der Waals surface area contributed by atoms with Crippen molar-refractivity contribution in [2.24, 2.45) is 11.8 Å². The van der Waals surface area contributed by atoms with Gasteiger partial charge in [0.1, 0.15) is 5.75 Å². The van der Waals surface area contributed by atoms with Gasteiger partial charge in [-0.2, -0.15) is 0 Å². The van der Waals surface area contributed by atoms with Crippen LogP contribution in [0.3, 0.4) is 0 Å². The third kappa shape index (κ3) is 6.57. The van der Waals surface area contributed by atoms with E-state index in [0.717, 1.165) is 5.56 Å². The Labute approximate surface area is 182 Å². The molecule has 2 N–H and O–H groups in total. The van der Waals surface area contributed by atoms with Crippen molar-refractivity contribution in [3.8, 4) is 5.75 Å². The van der Waals surface area contributed by atoms with Crippen molar-refractivity contribution < 1.29 is 19.1 Å². The van der Waals surface area contributed by atoms with Gasteiger partial charge in [-0.25, -0.2) is 0 Å². The van der Waals surface area contributed by atoms with Crippen molar-refractivity contribution in [3.63, 3.8) is 0 Å². The first kappa shape index (κ1) is 22.3. The topological polar surface area (TPSA) is 87.7 Å². The summed E-state index contributed by atoms with van der Waals surface area (Å²) in [6.07, 6.45) is 0.212. The lowest BCUT2D eigenvalue weighted by atomic mass is 10.1. The maximum absolute atomic E-state index is 12.4. The fraction of sp³-hybridized carbons (Fsp3) is 0.375. The molecule has 0 bridgehead atoms. The van der Waals surface area contributed by atoms with Crippen LogP contribution in [-0.4, -0.2) is 37.4 Å². The van der Waals surface area contributed by atoms with Crippen molar-refractivity contribution in [1.82, 2.24) is 10.6 Å². The molecule has 3 rings (SSSR count). The number of amides is 3. The molecule has 2 aromatic carbocycles. The van der Waals surface area contributed by atoms with Gasteiger partial charge in [0.25, 0.3) is 5.91 Å². The number of hydrogen-bond donors (Lipinski definition) is 2. The van der Waals surface area contributed by atoms with E-state index in [0.29, 0.717) is 37.0 Å². The SMILES string of the molecule is CC(C)CNC(=O)[C@@H]1CC(=O)N(c2ccc(OCC(=O)NCc3ccccc3)cc2)C1. The van der Waals surface area contributed by atoms with Crippen LogP contribution < -0.4 is 20.3 Å². The zero-order valence-corrected chi connectivity index (χ0v) is 18.0. The Hall–Kier alpha value is -3.35. The van der Waals surface area contributed by atoms with E-state index in [1.54, 1.807) is 29.2 Å². The third-order valence-electron chi connectivity index (χ3n) is 5.03. The molecule has 1 aliphatic heterocycles. The van der Waals surface area contributed by atoms with Crippen molar-refractivity contribution in [3.05, 3.63) is 60.2 Å². The van der Waals surface area contributed by atoms with Gasteiger partial charge in [0.05, 0.1) is 5.92 Å². The molecule has 0 radical (unpaired) electrons. The number of nitrogens with zero attached hydrogens (tertiary/aromatic N) is 1. The molecule has 0 saturated carbocycles. The molecule has 0 unspecified atom stereocenters. The Bertz CT molecular complexity index is 897. The molecule has 1 saturated heterocycles. The maximum atomic E-state index is 12.4. The minimum Gasteiger partial charge on any atom is -0.484 e. The molecule has 31 heavy (non-hydrogen) atoms. The van der Waals surface area contributed by atoms with Crippen LogP contribution in [0.15, 0.2) is 54.6 Å². The van der Waals surface area contributed by atoms with Gasteiger partial charge in [-0.05, 0) is 35.7 Å². The van der Waals surface area contributed by atoms with Gasteiger partial charge in [0.2, 0.25) is 11.8 Å². The predicted molar refractivity (Wildman–Crippen MR) is 119 cm³/mol. The molecule has 2 aromatic rings. The quantitative estimate of drug-likeness (QED) is 0.649. The number of anilines is 1. The lowest BCUT2D eigenvalue weighted by Gasteiger charge is -2.17. The van der Waals surface area contributed by atoms with Gasteiger partial charge in [0.15, 0.2) is 6.61 Å². The summed E-state index contributed by atoms with van der Waals surface area (Å²) < 4.78 is 5.53. The van der Waals surface area contributed by atoms with Crippen molar-refractivity contribution >= 4 is 23.4 Å². The fourth-order valence-electron chi connectivity index (χ4n) is 3.30. The Morgan fingerprint density at radius 1 is 1.06 bits per heavy atom. The van der Waals surface area contributed by atoms with Gasteiger partial charge in [-0.3, -0.25) is 14.4 Å². The lowest BCUT2D eigenvalue weighted by molar-refractivity contribution is -0.126. The minimum atomic E-state index is -0.338. The molecule has 164 valence electrons. The van der Waals surface area contributed by atoms with Gasteiger partial charge in [-0.15, -0.1) is 0 Å². The molecule has 1 heterocycles. The van der Waals surface area contributed by atoms with Crippen LogP contribution in [0.25, 0.3) is 0 Å².